The molecule has 3 rings (SSSR count). The summed E-state index contributed by atoms with van der Waals surface area (Å²) in [5, 5.41) is 3.35. The van der Waals surface area contributed by atoms with E-state index in [0.717, 1.165) is 12.5 Å². The largest absolute Gasteiger partial charge is 0.305 e. The van der Waals surface area contributed by atoms with Crippen molar-refractivity contribution in [3.8, 4) is 0 Å². The number of rotatable bonds is 2. The highest BCUT2D eigenvalue weighted by atomic mass is 16.2. The summed E-state index contributed by atoms with van der Waals surface area (Å²) in [5.41, 5.74) is 2.89. The first-order chi connectivity index (χ1) is 7.84. The van der Waals surface area contributed by atoms with Gasteiger partial charge in [-0.1, -0.05) is 6.42 Å². The first kappa shape index (κ1) is 9.90. The zero-order valence-electron chi connectivity index (χ0n) is 9.23. The molecule has 0 bridgehead atoms. The van der Waals surface area contributed by atoms with Crippen LogP contribution in [0.3, 0.4) is 0 Å². The van der Waals surface area contributed by atoms with E-state index in [9.17, 15) is 4.79 Å². The van der Waals surface area contributed by atoms with Gasteiger partial charge in [0.25, 0.3) is 5.91 Å². The van der Waals surface area contributed by atoms with Gasteiger partial charge in [-0.2, -0.15) is 0 Å². The van der Waals surface area contributed by atoms with Crippen LogP contribution < -0.4 is 10.7 Å². The predicted octanol–water partition coefficient (Wildman–Crippen LogP) is 0.946. The maximum Gasteiger partial charge on any atom is 0.256 e. The Morgan fingerprint density at radius 1 is 1.31 bits per heavy atom. The average molecular weight is 219 g/mol. The van der Waals surface area contributed by atoms with Crippen LogP contribution in [0.15, 0.2) is 24.5 Å². The van der Waals surface area contributed by atoms with Crippen LogP contribution in [0.4, 0.5) is 0 Å². The molecule has 0 radical (unpaired) electrons. The molecule has 0 spiro atoms. The van der Waals surface area contributed by atoms with E-state index in [1.807, 2.05) is 24.5 Å². The fourth-order valence-corrected chi connectivity index (χ4v) is 3.08. The van der Waals surface area contributed by atoms with Crippen molar-refractivity contribution in [1.29, 1.82) is 0 Å². The maximum atomic E-state index is 12.1. The van der Waals surface area contributed by atoms with Crippen LogP contribution in [0, 0.1) is 11.8 Å². The molecule has 1 aliphatic carbocycles. The van der Waals surface area contributed by atoms with Gasteiger partial charge in [0.05, 0.1) is 6.04 Å². The molecule has 1 aliphatic heterocycles. The number of hydrogen-bond acceptors (Lipinski definition) is 2. The van der Waals surface area contributed by atoms with Crippen LogP contribution in [0.1, 0.15) is 19.3 Å². The zero-order valence-corrected chi connectivity index (χ0v) is 9.23. The van der Waals surface area contributed by atoms with Crippen LogP contribution in [0.25, 0.3) is 0 Å². The van der Waals surface area contributed by atoms with Crippen molar-refractivity contribution in [3.05, 3.63) is 24.5 Å². The average Bonchev–Trinajstić information content (AvgIpc) is 2.92. The van der Waals surface area contributed by atoms with E-state index < -0.39 is 0 Å². The van der Waals surface area contributed by atoms with Gasteiger partial charge in [-0.25, -0.2) is 0 Å². The molecule has 1 saturated heterocycles. The third-order valence-corrected chi connectivity index (χ3v) is 3.87. The van der Waals surface area contributed by atoms with Gasteiger partial charge >= 0.3 is 0 Å². The fraction of sp³-hybridized carbons (Fsp3) is 0.583. The lowest BCUT2D eigenvalue weighted by molar-refractivity contribution is -0.119. The molecule has 0 aromatic carbocycles. The Bertz CT molecular complexity index is 374. The summed E-state index contributed by atoms with van der Waals surface area (Å²) in [6.45, 7) is 1.01. The Morgan fingerprint density at radius 2 is 2.12 bits per heavy atom. The summed E-state index contributed by atoms with van der Waals surface area (Å²) in [6.07, 6.45) is 7.45. The van der Waals surface area contributed by atoms with Crippen LogP contribution >= 0.6 is 0 Å². The molecule has 4 heteroatoms. The van der Waals surface area contributed by atoms with E-state index >= 15 is 0 Å². The van der Waals surface area contributed by atoms with Crippen molar-refractivity contribution in [1.82, 2.24) is 9.99 Å². The number of carbonyl (C=O) groups excluding carboxylic acids is 1. The second-order valence-electron chi connectivity index (χ2n) is 4.81. The van der Waals surface area contributed by atoms with E-state index in [0.29, 0.717) is 5.92 Å². The first-order valence-corrected chi connectivity index (χ1v) is 6.02. The minimum atomic E-state index is 0.00917. The number of nitrogens with zero attached hydrogens (tertiary/aromatic N) is 1. The lowest BCUT2D eigenvalue weighted by Crippen LogP contribution is -2.42. The molecule has 86 valence electrons. The quantitative estimate of drug-likeness (QED) is 0.778. The van der Waals surface area contributed by atoms with Gasteiger partial charge in [0, 0.05) is 12.4 Å². The van der Waals surface area contributed by atoms with Crippen molar-refractivity contribution in [2.45, 2.75) is 25.3 Å². The van der Waals surface area contributed by atoms with Crippen molar-refractivity contribution in [2.75, 3.05) is 12.0 Å². The molecule has 1 aromatic rings. The van der Waals surface area contributed by atoms with Crippen LogP contribution in [0.5, 0.6) is 0 Å². The molecule has 2 heterocycles. The third kappa shape index (κ3) is 1.63. The number of hydrogen-bond donors (Lipinski definition) is 2. The summed E-state index contributed by atoms with van der Waals surface area (Å²) < 4.78 is 1.71. The number of fused-ring (bicyclic) bond motifs is 1. The van der Waals surface area contributed by atoms with Crippen LogP contribution in [0.2, 0.25) is 0 Å². The van der Waals surface area contributed by atoms with Gasteiger partial charge < -0.3 is 5.32 Å². The van der Waals surface area contributed by atoms with Gasteiger partial charge in [0.2, 0.25) is 0 Å². The van der Waals surface area contributed by atoms with Crippen LogP contribution in [-0.4, -0.2) is 23.2 Å². The standard InChI is InChI=1S/C12H17N3O/c16-12(14-15-6-1-2-7-15)11-10-5-3-4-9(10)8-13-11/h1-2,6-7,9-11,13H,3-5,8H2,(H,14,16). The van der Waals surface area contributed by atoms with Crippen molar-refractivity contribution in [2.24, 2.45) is 11.8 Å². The van der Waals surface area contributed by atoms with E-state index in [4.69, 9.17) is 0 Å². The zero-order chi connectivity index (χ0) is 11.0. The topological polar surface area (TPSA) is 46.1 Å². The monoisotopic (exact) mass is 219 g/mol. The number of aromatic nitrogens is 1. The lowest BCUT2D eigenvalue weighted by Gasteiger charge is -2.17. The lowest BCUT2D eigenvalue weighted by atomic mass is 9.94. The van der Waals surface area contributed by atoms with E-state index in [-0.39, 0.29) is 11.9 Å². The summed E-state index contributed by atoms with van der Waals surface area (Å²) in [7, 11) is 0. The van der Waals surface area contributed by atoms with E-state index in [1.54, 1.807) is 4.68 Å². The Kier molecular flexibility index (Phi) is 2.44. The molecule has 1 saturated carbocycles. The van der Waals surface area contributed by atoms with Crippen molar-refractivity contribution in [3.63, 3.8) is 0 Å². The Labute approximate surface area is 95.0 Å². The minimum absolute atomic E-state index is 0.00917. The highest BCUT2D eigenvalue weighted by molar-refractivity contribution is 5.89. The molecule has 3 unspecified atom stereocenters. The summed E-state index contributed by atoms with van der Waals surface area (Å²) >= 11 is 0. The molecule has 1 aromatic heterocycles. The molecule has 16 heavy (non-hydrogen) atoms. The molecule has 4 nitrogen and oxygen atoms in total. The minimum Gasteiger partial charge on any atom is -0.305 e. The Hall–Kier alpha value is -1.29. The molecule has 2 N–H and O–H groups in total. The van der Waals surface area contributed by atoms with Gasteiger partial charge in [-0.15, -0.1) is 0 Å². The molecule has 2 aliphatic rings. The SMILES string of the molecule is O=C(Nn1cccc1)C1NCC2CCCC21. The number of carbonyl (C=O) groups is 1. The van der Waals surface area contributed by atoms with Crippen LogP contribution in [-0.2, 0) is 4.79 Å². The fourth-order valence-electron chi connectivity index (χ4n) is 3.08. The molecule has 2 fully saturated rings. The summed E-state index contributed by atoms with van der Waals surface area (Å²) in [5.74, 6) is 1.38. The third-order valence-electron chi connectivity index (χ3n) is 3.87. The Morgan fingerprint density at radius 3 is 2.94 bits per heavy atom. The normalized spacial score (nSPS) is 32.6. The number of nitrogens with one attached hydrogen (secondary N) is 2. The summed E-state index contributed by atoms with van der Waals surface area (Å²) in [6, 6.07) is 3.82. The van der Waals surface area contributed by atoms with Gasteiger partial charge in [0.1, 0.15) is 0 Å². The van der Waals surface area contributed by atoms with E-state index in [1.165, 1.54) is 19.3 Å². The molecular formula is C12H17N3O. The van der Waals surface area contributed by atoms with E-state index in [2.05, 4.69) is 10.7 Å². The second-order valence-corrected chi connectivity index (χ2v) is 4.81. The van der Waals surface area contributed by atoms with Crippen molar-refractivity contribution < 1.29 is 4.79 Å². The molecular weight excluding hydrogens is 202 g/mol. The van der Waals surface area contributed by atoms with Gasteiger partial charge in [-0.05, 0) is 43.4 Å². The predicted molar refractivity (Wildman–Crippen MR) is 61.4 cm³/mol. The second kappa shape index (κ2) is 3.94. The highest BCUT2D eigenvalue weighted by Gasteiger charge is 2.42. The number of amides is 1. The smallest absolute Gasteiger partial charge is 0.256 e. The molecule has 3 atom stereocenters. The Balaban J connectivity index is 1.67. The highest BCUT2D eigenvalue weighted by Crippen LogP contribution is 2.37. The van der Waals surface area contributed by atoms with Crippen molar-refractivity contribution >= 4 is 5.91 Å². The maximum absolute atomic E-state index is 12.1. The van der Waals surface area contributed by atoms with Gasteiger partial charge in [0.15, 0.2) is 0 Å². The van der Waals surface area contributed by atoms with Gasteiger partial charge in [-0.3, -0.25) is 14.9 Å². The summed E-state index contributed by atoms with van der Waals surface area (Å²) in [4.78, 5) is 12.1. The first-order valence-electron chi connectivity index (χ1n) is 6.02. The molecule has 1 amide bonds.